The molecule has 3 heteroatoms. The number of nitrogens with one attached hydrogen (secondary N) is 1. The highest BCUT2D eigenvalue weighted by Crippen LogP contribution is 2.11. The van der Waals surface area contributed by atoms with Gasteiger partial charge in [0.05, 0.1) is 5.71 Å². The third kappa shape index (κ3) is 1.28. The molecule has 0 aromatic rings. The van der Waals surface area contributed by atoms with Gasteiger partial charge in [0.25, 0.3) is 0 Å². The van der Waals surface area contributed by atoms with E-state index in [4.69, 9.17) is 10.6 Å². The molecule has 0 heterocycles. The zero-order valence-electron chi connectivity index (χ0n) is 5.22. The van der Waals surface area contributed by atoms with Crippen LogP contribution in [-0.2, 0) is 0 Å². The van der Waals surface area contributed by atoms with Crippen LogP contribution in [0.25, 0.3) is 0 Å². The van der Waals surface area contributed by atoms with E-state index < -0.39 is 0 Å². The second-order valence-corrected chi connectivity index (χ2v) is 2.23. The van der Waals surface area contributed by atoms with E-state index in [1.165, 1.54) is 0 Å². The lowest BCUT2D eigenvalue weighted by Gasteiger charge is -2.10. The first-order chi connectivity index (χ1) is 4.34. The number of oxime groups is 1. The van der Waals surface area contributed by atoms with Crippen molar-refractivity contribution >= 4 is 11.4 Å². The number of hydrogen-bond donors (Lipinski definition) is 2. The Kier molecular flexibility index (Phi) is 1.82. The first kappa shape index (κ1) is 6.26. The Labute approximate surface area is 53.9 Å². The third-order valence-electron chi connectivity index (χ3n) is 1.56. The van der Waals surface area contributed by atoms with Crippen molar-refractivity contribution in [2.24, 2.45) is 5.16 Å². The number of rotatable bonds is 0. The van der Waals surface area contributed by atoms with Gasteiger partial charge >= 0.3 is 0 Å². The summed E-state index contributed by atoms with van der Waals surface area (Å²) in [6.45, 7) is 0. The lowest BCUT2D eigenvalue weighted by atomic mass is 9.97. The van der Waals surface area contributed by atoms with Gasteiger partial charge in [0.2, 0.25) is 0 Å². The zero-order valence-corrected chi connectivity index (χ0v) is 5.22. The highest BCUT2D eigenvalue weighted by atomic mass is 16.4. The van der Waals surface area contributed by atoms with Gasteiger partial charge in [-0.15, -0.1) is 0 Å². The lowest BCUT2D eigenvalue weighted by molar-refractivity contribution is 0.318. The maximum absolute atomic E-state index is 8.31. The Bertz CT molecular complexity index is 151. The quantitative estimate of drug-likeness (QED) is 0.374. The van der Waals surface area contributed by atoms with Gasteiger partial charge in [0.1, 0.15) is 5.71 Å². The van der Waals surface area contributed by atoms with E-state index in [2.05, 4.69) is 5.16 Å². The second kappa shape index (κ2) is 2.62. The van der Waals surface area contributed by atoms with E-state index in [0.717, 1.165) is 25.7 Å². The van der Waals surface area contributed by atoms with E-state index >= 15 is 0 Å². The van der Waals surface area contributed by atoms with Gasteiger partial charge in [-0.3, -0.25) is 0 Å². The first-order valence-electron chi connectivity index (χ1n) is 3.13. The standard InChI is InChI=1S/C6H10N2O/c7-5-3-1-2-4-6(5)8-9/h7,9H,1-4H2/b7-5?,8-6+. The van der Waals surface area contributed by atoms with Crippen molar-refractivity contribution in [3.05, 3.63) is 0 Å². The number of hydrogen-bond acceptors (Lipinski definition) is 3. The average molecular weight is 126 g/mol. The molecule has 3 nitrogen and oxygen atoms in total. The van der Waals surface area contributed by atoms with Gasteiger partial charge in [-0.05, 0) is 25.7 Å². The Morgan fingerprint density at radius 2 is 2.00 bits per heavy atom. The second-order valence-electron chi connectivity index (χ2n) is 2.23. The molecule has 1 aliphatic rings. The third-order valence-corrected chi connectivity index (χ3v) is 1.56. The molecule has 0 unspecified atom stereocenters. The molecule has 9 heavy (non-hydrogen) atoms. The Morgan fingerprint density at radius 1 is 1.33 bits per heavy atom. The predicted molar refractivity (Wildman–Crippen MR) is 35.4 cm³/mol. The van der Waals surface area contributed by atoms with E-state index in [9.17, 15) is 0 Å². The van der Waals surface area contributed by atoms with Gasteiger partial charge in [0.15, 0.2) is 0 Å². The molecule has 0 aromatic carbocycles. The Hall–Kier alpha value is -0.860. The van der Waals surface area contributed by atoms with Crippen LogP contribution in [0.4, 0.5) is 0 Å². The van der Waals surface area contributed by atoms with Gasteiger partial charge < -0.3 is 10.6 Å². The number of nitrogens with zero attached hydrogens (tertiary/aromatic N) is 1. The molecule has 1 fully saturated rings. The molecule has 0 spiro atoms. The van der Waals surface area contributed by atoms with Crippen LogP contribution in [0.15, 0.2) is 5.16 Å². The van der Waals surface area contributed by atoms with Crippen LogP contribution in [0.1, 0.15) is 25.7 Å². The fourth-order valence-electron chi connectivity index (χ4n) is 1.000. The average Bonchev–Trinajstić information content (AvgIpc) is 1.89. The summed E-state index contributed by atoms with van der Waals surface area (Å²) in [5, 5.41) is 18.6. The van der Waals surface area contributed by atoms with E-state index in [1.54, 1.807) is 0 Å². The van der Waals surface area contributed by atoms with E-state index in [-0.39, 0.29) is 0 Å². The molecule has 0 aliphatic heterocycles. The highest BCUT2D eigenvalue weighted by molar-refractivity contribution is 6.41. The molecule has 0 radical (unpaired) electrons. The van der Waals surface area contributed by atoms with Crippen molar-refractivity contribution < 1.29 is 5.21 Å². The maximum atomic E-state index is 8.31. The van der Waals surface area contributed by atoms with E-state index in [0.29, 0.717) is 11.4 Å². The molecule has 0 amide bonds. The minimum absolute atomic E-state index is 0.503. The van der Waals surface area contributed by atoms with Crippen LogP contribution in [0.5, 0.6) is 0 Å². The van der Waals surface area contributed by atoms with Crippen molar-refractivity contribution in [3.63, 3.8) is 0 Å². The Balaban J connectivity index is 2.60. The van der Waals surface area contributed by atoms with Gasteiger partial charge in [-0.25, -0.2) is 0 Å². The topological polar surface area (TPSA) is 56.4 Å². The molecule has 1 aliphatic carbocycles. The molecule has 0 atom stereocenters. The van der Waals surface area contributed by atoms with Crippen molar-refractivity contribution in [2.45, 2.75) is 25.7 Å². The molecule has 50 valence electrons. The molecule has 0 aromatic heterocycles. The lowest BCUT2D eigenvalue weighted by Crippen LogP contribution is -2.17. The molecular formula is C6H10N2O. The van der Waals surface area contributed by atoms with Crippen LogP contribution in [-0.4, -0.2) is 16.6 Å². The fraction of sp³-hybridized carbons (Fsp3) is 0.667. The fourth-order valence-corrected chi connectivity index (χ4v) is 1.000. The minimum Gasteiger partial charge on any atom is -0.411 e. The molecule has 1 rings (SSSR count). The largest absolute Gasteiger partial charge is 0.411 e. The summed E-state index contributed by atoms with van der Waals surface area (Å²) >= 11 is 0. The smallest absolute Gasteiger partial charge is 0.100 e. The molecule has 1 saturated carbocycles. The zero-order chi connectivity index (χ0) is 6.69. The Morgan fingerprint density at radius 3 is 2.44 bits per heavy atom. The van der Waals surface area contributed by atoms with E-state index in [1.807, 2.05) is 0 Å². The molecule has 0 saturated heterocycles. The summed E-state index contributed by atoms with van der Waals surface area (Å²) in [6, 6.07) is 0. The summed E-state index contributed by atoms with van der Waals surface area (Å²) in [7, 11) is 0. The first-order valence-corrected chi connectivity index (χ1v) is 3.13. The van der Waals surface area contributed by atoms with Crippen LogP contribution < -0.4 is 0 Å². The van der Waals surface area contributed by atoms with Gasteiger partial charge in [-0.2, -0.15) is 0 Å². The highest BCUT2D eigenvalue weighted by Gasteiger charge is 2.12. The van der Waals surface area contributed by atoms with Gasteiger partial charge in [0, 0.05) is 0 Å². The molecular weight excluding hydrogens is 116 g/mol. The van der Waals surface area contributed by atoms with Gasteiger partial charge in [-0.1, -0.05) is 5.16 Å². The normalized spacial score (nSPS) is 24.9. The minimum atomic E-state index is 0.503. The van der Waals surface area contributed by atoms with Crippen molar-refractivity contribution in [2.75, 3.05) is 0 Å². The molecule has 2 N–H and O–H groups in total. The van der Waals surface area contributed by atoms with Crippen LogP contribution in [0, 0.1) is 5.41 Å². The van der Waals surface area contributed by atoms with Crippen molar-refractivity contribution in [1.29, 1.82) is 5.41 Å². The summed E-state index contributed by atoms with van der Waals surface area (Å²) in [5.74, 6) is 0. The van der Waals surface area contributed by atoms with Crippen molar-refractivity contribution in [3.8, 4) is 0 Å². The maximum Gasteiger partial charge on any atom is 0.100 e. The van der Waals surface area contributed by atoms with Crippen LogP contribution >= 0.6 is 0 Å². The monoisotopic (exact) mass is 126 g/mol. The summed E-state index contributed by atoms with van der Waals surface area (Å²) in [6.07, 6.45) is 3.67. The van der Waals surface area contributed by atoms with Crippen LogP contribution in [0.2, 0.25) is 0 Å². The summed E-state index contributed by atoms with van der Waals surface area (Å²) in [5.41, 5.74) is 1.07. The SMILES string of the molecule is N=C1CCCC/C1=N\O. The molecule has 0 bridgehead atoms. The summed E-state index contributed by atoms with van der Waals surface area (Å²) in [4.78, 5) is 0. The predicted octanol–water partition coefficient (Wildman–Crippen LogP) is 1.41. The summed E-state index contributed by atoms with van der Waals surface area (Å²) < 4.78 is 0. The van der Waals surface area contributed by atoms with Crippen LogP contribution in [0.3, 0.4) is 0 Å². The van der Waals surface area contributed by atoms with Crippen molar-refractivity contribution in [1.82, 2.24) is 0 Å².